The maximum Gasteiger partial charge on any atom is 0.251 e. The van der Waals surface area contributed by atoms with E-state index in [2.05, 4.69) is 31.1 Å². The van der Waals surface area contributed by atoms with Crippen molar-refractivity contribution < 1.29 is 4.79 Å². The van der Waals surface area contributed by atoms with E-state index in [4.69, 9.17) is 0 Å². The Morgan fingerprint density at radius 3 is 2.40 bits per heavy atom. The molecule has 0 radical (unpaired) electrons. The smallest absolute Gasteiger partial charge is 0.251 e. The number of carbonyl (C=O) groups excluding carboxylic acids is 1. The zero-order chi connectivity index (χ0) is 11.1. The summed E-state index contributed by atoms with van der Waals surface area (Å²) >= 11 is 0. The van der Waals surface area contributed by atoms with Gasteiger partial charge in [-0.25, -0.2) is 0 Å². The summed E-state index contributed by atoms with van der Waals surface area (Å²) in [4.78, 5) is 11.8. The molecule has 1 aliphatic heterocycles. The van der Waals surface area contributed by atoms with Crippen molar-refractivity contribution in [3.63, 3.8) is 0 Å². The van der Waals surface area contributed by atoms with Crippen LogP contribution >= 0.6 is 0 Å². The van der Waals surface area contributed by atoms with Crippen LogP contribution in [0, 0.1) is 11.8 Å². The standard InChI is InChI=1S/C12H20N2O/c1-8(2)10-4-6-12(7-5-10)11(15)13-9(3)14-12/h8,10,14H,3-7H2,1-2H3,(H,13,15). The fraction of sp³-hybridized carbons (Fsp3) is 0.750. The zero-order valence-corrected chi connectivity index (χ0v) is 9.60. The molecule has 2 fully saturated rings. The van der Waals surface area contributed by atoms with Crippen LogP contribution in [0.15, 0.2) is 12.4 Å². The van der Waals surface area contributed by atoms with Gasteiger partial charge in [-0.15, -0.1) is 0 Å². The molecule has 15 heavy (non-hydrogen) atoms. The molecule has 2 rings (SSSR count). The van der Waals surface area contributed by atoms with E-state index in [1.54, 1.807) is 0 Å². The molecule has 1 amide bonds. The molecule has 3 nitrogen and oxygen atoms in total. The van der Waals surface area contributed by atoms with Crippen LogP contribution in [0.4, 0.5) is 0 Å². The summed E-state index contributed by atoms with van der Waals surface area (Å²) < 4.78 is 0. The number of amides is 1. The maximum absolute atomic E-state index is 11.8. The van der Waals surface area contributed by atoms with Gasteiger partial charge >= 0.3 is 0 Å². The predicted molar refractivity (Wildman–Crippen MR) is 59.9 cm³/mol. The first-order valence-electron chi connectivity index (χ1n) is 5.82. The van der Waals surface area contributed by atoms with E-state index in [-0.39, 0.29) is 11.4 Å². The molecule has 2 aliphatic rings. The minimum absolute atomic E-state index is 0.120. The van der Waals surface area contributed by atoms with Gasteiger partial charge in [-0.05, 0) is 37.5 Å². The molecule has 1 saturated heterocycles. The molecule has 0 aromatic rings. The third-order valence-electron chi connectivity index (χ3n) is 3.92. The van der Waals surface area contributed by atoms with Crippen molar-refractivity contribution in [3.05, 3.63) is 12.4 Å². The van der Waals surface area contributed by atoms with Crippen LogP contribution in [0.1, 0.15) is 39.5 Å². The van der Waals surface area contributed by atoms with Crippen molar-refractivity contribution in [2.75, 3.05) is 0 Å². The highest BCUT2D eigenvalue weighted by Gasteiger charge is 2.46. The van der Waals surface area contributed by atoms with Crippen molar-refractivity contribution in [1.29, 1.82) is 0 Å². The van der Waals surface area contributed by atoms with Crippen molar-refractivity contribution >= 4 is 5.91 Å². The Labute approximate surface area is 91.3 Å². The van der Waals surface area contributed by atoms with Crippen molar-refractivity contribution in [2.45, 2.75) is 45.1 Å². The van der Waals surface area contributed by atoms with Crippen molar-refractivity contribution in [2.24, 2.45) is 11.8 Å². The van der Waals surface area contributed by atoms with Crippen LogP contribution in [0.3, 0.4) is 0 Å². The number of rotatable bonds is 1. The maximum atomic E-state index is 11.8. The van der Waals surface area contributed by atoms with Crippen LogP contribution in [0.25, 0.3) is 0 Å². The molecule has 3 heteroatoms. The monoisotopic (exact) mass is 208 g/mol. The molecule has 1 heterocycles. The first-order valence-corrected chi connectivity index (χ1v) is 5.82. The summed E-state index contributed by atoms with van der Waals surface area (Å²) in [7, 11) is 0. The van der Waals surface area contributed by atoms with Gasteiger partial charge in [-0.1, -0.05) is 20.4 Å². The second-order valence-corrected chi connectivity index (χ2v) is 5.22. The van der Waals surface area contributed by atoms with Crippen LogP contribution in [-0.4, -0.2) is 11.4 Å². The molecular formula is C12H20N2O. The van der Waals surface area contributed by atoms with E-state index < -0.39 is 0 Å². The Morgan fingerprint density at radius 2 is 2.00 bits per heavy atom. The lowest BCUT2D eigenvalue weighted by atomic mass is 9.73. The Balaban J connectivity index is 2.03. The Kier molecular flexibility index (Phi) is 2.49. The van der Waals surface area contributed by atoms with Crippen molar-refractivity contribution in [3.8, 4) is 0 Å². The summed E-state index contributed by atoms with van der Waals surface area (Å²) in [5.74, 6) is 2.30. The van der Waals surface area contributed by atoms with Gasteiger partial charge < -0.3 is 10.6 Å². The number of nitrogens with one attached hydrogen (secondary N) is 2. The molecule has 2 N–H and O–H groups in total. The van der Waals surface area contributed by atoms with E-state index >= 15 is 0 Å². The summed E-state index contributed by atoms with van der Waals surface area (Å²) in [6, 6.07) is 0. The molecular weight excluding hydrogens is 188 g/mol. The van der Waals surface area contributed by atoms with Gasteiger partial charge in [0, 0.05) is 0 Å². The molecule has 1 saturated carbocycles. The minimum atomic E-state index is -0.331. The molecule has 1 spiro atoms. The average Bonchev–Trinajstić information content (AvgIpc) is 2.42. The van der Waals surface area contributed by atoms with Gasteiger partial charge in [-0.3, -0.25) is 4.79 Å². The van der Waals surface area contributed by atoms with E-state index in [1.807, 2.05) is 0 Å². The molecule has 0 aromatic heterocycles. The predicted octanol–water partition coefficient (Wildman–Crippen LogP) is 1.76. The second-order valence-electron chi connectivity index (χ2n) is 5.22. The van der Waals surface area contributed by atoms with Crippen LogP contribution in [-0.2, 0) is 4.79 Å². The van der Waals surface area contributed by atoms with Crippen LogP contribution in [0.2, 0.25) is 0 Å². The van der Waals surface area contributed by atoms with Gasteiger partial charge in [0.25, 0.3) is 5.91 Å². The summed E-state index contributed by atoms with van der Waals surface area (Å²) in [5, 5.41) is 6.00. The molecule has 1 aliphatic carbocycles. The largest absolute Gasteiger partial charge is 0.358 e. The fourth-order valence-electron chi connectivity index (χ4n) is 2.79. The lowest BCUT2D eigenvalue weighted by Gasteiger charge is -2.36. The SMILES string of the molecule is C=C1NC(=O)C2(CCC(C(C)C)CC2)N1. The minimum Gasteiger partial charge on any atom is -0.358 e. The van der Waals surface area contributed by atoms with Crippen LogP contribution < -0.4 is 10.6 Å². The lowest BCUT2D eigenvalue weighted by molar-refractivity contribution is -0.125. The summed E-state index contributed by atoms with van der Waals surface area (Å²) in [5.41, 5.74) is -0.331. The summed E-state index contributed by atoms with van der Waals surface area (Å²) in [6.07, 6.45) is 4.18. The Bertz CT molecular complexity index is 288. The number of hydrogen-bond donors (Lipinski definition) is 2. The third kappa shape index (κ3) is 1.75. The first-order chi connectivity index (χ1) is 7.03. The lowest BCUT2D eigenvalue weighted by Crippen LogP contribution is -2.49. The quantitative estimate of drug-likeness (QED) is 0.689. The normalized spacial score (nSPS) is 35.8. The molecule has 0 atom stereocenters. The van der Waals surface area contributed by atoms with Crippen molar-refractivity contribution in [1.82, 2.24) is 10.6 Å². The van der Waals surface area contributed by atoms with Gasteiger partial charge in [0.05, 0.1) is 5.82 Å². The fourth-order valence-corrected chi connectivity index (χ4v) is 2.79. The highest BCUT2D eigenvalue weighted by Crippen LogP contribution is 2.37. The number of hydrogen-bond acceptors (Lipinski definition) is 2. The van der Waals surface area contributed by atoms with E-state index in [0.717, 1.165) is 37.5 Å². The van der Waals surface area contributed by atoms with E-state index in [0.29, 0.717) is 5.82 Å². The third-order valence-corrected chi connectivity index (χ3v) is 3.92. The first kappa shape index (κ1) is 10.5. The number of carbonyl (C=O) groups is 1. The highest BCUT2D eigenvalue weighted by atomic mass is 16.2. The second kappa shape index (κ2) is 3.54. The van der Waals surface area contributed by atoms with Crippen LogP contribution in [0.5, 0.6) is 0 Å². The molecule has 0 bridgehead atoms. The van der Waals surface area contributed by atoms with Gasteiger partial charge in [0.15, 0.2) is 0 Å². The Hall–Kier alpha value is -0.990. The van der Waals surface area contributed by atoms with E-state index in [1.165, 1.54) is 0 Å². The van der Waals surface area contributed by atoms with Gasteiger partial charge in [0.1, 0.15) is 5.54 Å². The average molecular weight is 208 g/mol. The molecule has 0 aromatic carbocycles. The Morgan fingerprint density at radius 1 is 1.40 bits per heavy atom. The van der Waals surface area contributed by atoms with E-state index in [9.17, 15) is 4.79 Å². The highest BCUT2D eigenvalue weighted by molar-refractivity contribution is 5.90. The van der Waals surface area contributed by atoms with Gasteiger partial charge in [-0.2, -0.15) is 0 Å². The molecule has 0 unspecified atom stereocenters. The molecule has 84 valence electrons. The summed E-state index contributed by atoms with van der Waals surface area (Å²) in [6.45, 7) is 8.30. The van der Waals surface area contributed by atoms with Gasteiger partial charge in [0.2, 0.25) is 0 Å². The topological polar surface area (TPSA) is 41.1 Å². The zero-order valence-electron chi connectivity index (χ0n) is 9.60.